The number of hydrogen-bond acceptors (Lipinski definition) is 1. The van der Waals surface area contributed by atoms with E-state index in [4.69, 9.17) is 0 Å². The maximum absolute atomic E-state index is 2.19. The van der Waals surface area contributed by atoms with Crippen molar-refractivity contribution in [3.8, 4) is 0 Å². The van der Waals surface area contributed by atoms with Crippen molar-refractivity contribution in [2.24, 2.45) is 0 Å². The van der Waals surface area contributed by atoms with Crippen molar-refractivity contribution in [1.29, 1.82) is 0 Å². The molecule has 0 fully saturated rings. The van der Waals surface area contributed by atoms with Gasteiger partial charge in [0.1, 0.15) is 0 Å². The first-order valence-corrected chi connectivity index (χ1v) is 4.87. The second-order valence-electron chi connectivity index (χ2n) is 1.22. The summed E-state index contributed by atoms with van der Waals surface area (Å²) in [7, 11) is 0. The number of rotatable bonds is 0. The van der Waals surface area contributed by atoms with E-state index < -0.39 is 0 Å². The van der Waals surface area contributed by atoms with Gasteiger partial charge >= 0.3 is 49.1 Å². The van der Waals surface area contributed by atoms with Gasteiger partial charge in [-0.1, -0.05) is 0 Å². The summed E-state index contributed by atoms with van der Waals surface area (Å²) in [5.74, 6) is 0. The molecule has 0 radical (unpaired) electrons. The van der Waals surface area contributed by atoms with Crippen LogP contribution in [0.1, 0.15) is 0 Å². The van der Waals surface area contributed by atoms with Crippen molar-refractivity contribution in [2.45, 2.75) is 0 Å². The molecule has 1 aromatic rings. The fourth-order valence-electron chi connectivity index (χ4n) is 0.361. The van der Waals surface area contributed by atoms with Gasteiger partial charge in [-0.15, -0.1) is 0 Å². The molecule has 1 heterocycles. The molecule has 0 unspecified atom stereocenters. The molecule has 32 valence electrons. The number of thiophene rings is 1. The Balaban J connectivity index is 3.05. The Morgan fingerprint density at radius 1 is 1.67 bits per heavy atom. The summed E-state index contributed by atoms with van der Waals surface area (Å²) in [6.07, 6.45) is 0. The van der Waals surface area contributed by atoms with Gasteiger partial charge in [-0.2, -0.15) is 0 Å². The van der Waals surface area contributed by atoms with Gasteiger partial charge in [-0.3, -0.25) is 0 Å². The van der Waals surface area contributed by atoms with Crippen LogP contribution in [0.4, 0.5) is 0 Å². The summed E-state index contributed by atoms with van der Waals surface area (Å²) in [4.78, 5) is 0. The van der Waals surface area contributed by atoms with Crippen LogP contribution in [0, 0.1) is 0 Å². The van der Waals surface area contributed by atoms with E-state index in [1.165, 1.54) is 0 Å². The average molecular weight is 159 g/mol. The van der Waals surface area contributed by atoms with Crippen molar-refractivity contribution in [3.05, 3.63) is 17.5 Å². The molecule has 6 heavy (non-hydrogen) atoms. The zero-order valence-electron chi connectivity index (χ0n) is 3.64. The predicted molar refractivity (Wildman–Crippen MR) is 33.9 cm³/mol. The van der Waals surface area contributed by atoms with E-state index in [0.717, 1.165) is 16.5 Å². The van der Waals surface area contributed by atoms with Crippen molar-refractivity contribution < 1.29 is 0 Å². The molecule has 1 rings (SSSR count). The maximum atomic E-state index is 2.19. The van der Waals surface area contributed by atoms with Gasteiger partial charge in [-0.05, 0) is 0 Å². The first kappa shape index (κ1) is 4.40. The van der Waals surface area contributed by atoms with Crippen LogP contribution in [0.5, 0.6) is 0 Å². The van der Waals surface area contributed by atoms with E-state index in [0.29, 0.717) is 0 Å². The SMILES string of the molecule is [GeH3][c]1cccs1. The van der Waals surface area contributed by atoms with Crippen LogP contribution in [-0.2, 0) is 0 Å². The fraction of sp³-hybridized carbons (Fsp3) is 0. The second-order valence-corrected chi connectivity index (χ2v) is 6.16. The quantitative estimate of drug-likeness (QED) is 0.457. The van der Waals surface area contributed by atoms with Crippen LogP contribution in [0.25, 0.3) is 0 Å². The molecule has 2 heteroatoms. The van der Waals surface area contributed by atoms with Crippen LogP contribution in [-0.4, -0.2) is 16.5 Å². The first-order valence-electron chi connectivity index (χ1n) is 1.90. The van der Waals surface area contributed by atoms with E-state index in [2.05, 4.69) is 17.5 Å². The standard InChI is InChI=1S/C4H6GeS/c5-4-2-1-3-6-4/h1-3H,5H3. The van der Waals surface area contributed by atoms with Gasteiger partial charge in [0.25, 0.3) is 0 Å². The molecule has 0 N–H and O–H groups in total. The first-order chi connectivity index (χ1) is 2.89. The van der Waals surface area contributed by atoms with Crippen LogP contribution >= 0.6 is 11.3 Å². The Labute approximate surface area is 49.4 Å². The van der Waals surface area contributed by atoms with Crippen molar-refractivity contribution in [1.82, 2.24) is 0 Å². The van der Waals surface area contributed by atoms with Gasteiger partial charge in [0, 0.05) is 0 Å². The third-order valence-corrected chi connectivity index (χ3v) is 3.65. The summed E-state index contributed by atoms with van der Waals surface area (Å²) < 4.78 is 1.57. The average Bonchev–Trinajstić information content (AvgIpc) is 1.86. The van der Waals surface area contributed by atoms with Gasteiger partial charge in [-0.25, -0.2) is 0 Å². The van der Waals surface area contributed by atoms with Gasteiger partial charge in [0.05, 0.1) is 0 Å². The predicted octanol–water partition coefficient (Wildman–Crippen LogP) is -0.261. The third kappa shape index (κ3) is 0.851. The van der Waals surface area contributed by atoms with Gasteiger partial charge in [0.15, 0.2) is 0 Å². The van der Waals surface area contributed by atoms with E-state index >= 15 is 0 Å². The molecular formula is C4H6GeS. The molecule has 0 nitrogen and oxygen atoms in total. The molecule has 0 aromatic carbocycles. The molecule has 0 aliphatic heterocycles. The minimum absolute atomic E-state index is 0.904. The normalized spacial score (nSPS) is 9.33. The van der Waals surface area contributed by atoms with Crippen LogP contribution < -0.4 is 3.71 Å². The Morgan fingerprint density at radius 3 is 2.67 bits per heavy atom. The molecule has 0 bridgehead atoms. The minimum atomic E-state index is 0.904. The molecule has 0 aliphatic rings. The molecule has 1 aromatic heterocycles. The van der Waals surface area contributed by atoms with Crippen molar-refractivity contribution >= 4 is 31.6 Å². The number of hydrogen-bond donors (Lipinski definition) is 0. The van der Waals surface area contributed by atoms with E-state index in [-0.39, 0.29) is 0 Å². The Bertz CT molecular complexity index is 111. The Hall–Kier alpha value is 0.243. The Morgan fingerprint density at radius 2 is 2.50 bits per heavy atom. The summed E-state index contributed by atoms with van der Waals surface area (Å²) in [6, 6.07) is 4.29. The van der Waals surface area contributed by atoms with Crippen LogP contribution in [0.2, 0.25) is 0 Å². The molecule has 0 atom stereocenters. The van der Waals surface area contributed by atoms with E-state index in [9.17, 15) is 0 Å². The molecule has 0 saturated carbocycles. The molecule has 0 amide bonds. The van der Waals surface area contributed by atoms with Crippen molar-refractivity contribution in [2.75, 3.05) is 0 Å². The summed E-state index contributed by atoms with van der Waals surface area (Å²) in [6.45, 7) is 0. The molecule has 0 saturated heterocycles. The Kier molecular flexibility index (Phi) is 1.32. The van der Waals surface area contributed by atoms with E-state index in [1.54, 1.807) is 3.71 Å². The molecular weight excluding hydrogens is 153 g/mol. The molecule has 0 aliphatic carbocycles. The zero-order chi connectivity index (χ0) is 4.41. The van der Waals surface area contributed by atoms with Gasteiger partial charge in [0.2, 0.25) is 0 Å². The summed E-state index contributed by atoms with van der Waals surface area (Å²) in [5, 5.41) is 2.13. The second kappa shape index (κ2) is 1.80. The van der Waals surface area contributed by atoms with Crippen molar-refractivity contribution in [3.63, 3.8) is 0 Å². The third-order valence-electron chi connectivity index (χ3n) is 0.663. The van der Waals surface area contributed by atoms with Crippen LogP contribution in [0.3, 0.4) is 0 Å². The topological polar surface area (TPSA) is 0 Å². The fourth-order valence-corrected chi connectivity index (χ4v) is 2.15. The molecule has 0 spiro atoms. The summed E-state index contributed by atoms with van der Waals surface area (Å²) in [5.41, 5.74) is 0. The monoisotopic (exact) mass is 160 g/mol. The van der Waals surface area contributed by atoms with Crippen LogP contribution in [0.15, 0.2) is 17.5 Å². The van der Waals surface area contributed by atoms with E-state index in [1.807, 2.05) is 11.3 Å². The zero-order valence-corrected chi connectivity index (χ0v) is 8.65. The van der Waals surface area contributed by atoms with Gasteiger partial charge < -0.3 is 0 Å². The summed E-state index contributed by atoms with van der Waals surface area (Å²) >= 11 is 2.77.